The quantitative estimate of drug-likeness (QED) is 0.449. The van der Waals surface area contributed by atoms with E-state index in [1.165, 1.54) is 0 Å². The summed E-state index contributed by atoms with van der Waals surface area (Å²) in [6.07, 6.45) is 2.06. The zero-order valence-corrected chi connectivity index (χ0v) is 6.35. The fraction of sp³-hybridized carbons (Fsp3) is 0.714. The van der Waals surface area contributed by atoms with Crippen LogP contribution in [0.2, 0.25) is 0 Å². The van der Waals surface area contributed by atoms with Gasteiger partial charge in [-0.15, -0.1) is 0 Å². The summed E-state index contributed by atoms with van der Waals surface area (Å²) in [5.74, 6) is 0.323. The van der Waals surface area contributed by atoms with Crippen molar-refractivity contribution in [3.63, 3.8) is 0 Å². The molecule has 0 bridgehead atoms. The molecule has 0 aliphatic heterocycles. The summed E-state index contributed by atoms with van der Waals surface area (Å²) >= 11 is 0. The maximum absolute atomic E-state index is 10.9. The van der Waals surface area contributed by atoms with Crippen molar-refractivity contribution < 1.29 is 4.79 Å². The summed E-state index contributed by atoms with van der Waals surface area (Å²) in [5.41, 5.74) is 3.38. The molecule has 1 aliphatic carbocycles. The Bertz CT molecular complexity index is 166. The highest BCUT2D eigenvalue weighted by Crippen LogP contribution is 2.28. The van der Waals surface area contributed by atoms with Crippen molar-refractivity contribution in [3.05, 3.63) is 0 Å². The van der Waals surface area contributed by atoms with E-state index in [0.717, 1.165) is 18.6 Å². The molecule has 1 N–H and O–H groups in total. The van der Waals surface area contributed by atoms with E-state index in [0.29, 0.717) is 0 Å². The van der Waals surface area contributed by atoms with Gasteiger partial charge in [-0.05, 0) is 26.7 Å². The Kier molecular flexibility index (Phi) is 2.04. The van der Waals surface area contributed by atoms with E-state index in [9.17, 15) is 4.79 Å². The van der Waals surface area contributed by atoms with Crippen LogP contribution in [0, 0.1) is 5.92 Å². The molecule has 0 aromatic rings. The number of nitrogens with zero attached hydrogens (tertiary/aromatic N) is 1. The first-order valence-electron chi connectivity index (χ1n) is 3.51. The highest BCUT2D eigenvalue weighted by molar-refractivity contribution is 5.84. The van der Waals surface area contributed by atoms with E-state index < -0.39 is 0 Å². The minimum absolute atomic E-state index is 0.0706. The zero-order valence-electron chi connectivity index (χ0n) is 6.35. The predicted octanol–water partition coefficient (Wildman–Crippen LogP) is 0.908. The average molecular weight is 140 g/mol. The Morgan fingerprint density at radius 2 is 2.10 bits per heavy atom. The van der Waals surface area contributed by atoms with Gasteiger partial charge in [0, 0.05) is 11.6 Å². The third kappa shape index (κ3) is 2.17. The van der Waals surface area contributed by atoms with Crippen LogP contribution in [0.3, 0.4) is 0 Å². The normalized spacial score (nSPS) is 16.2. The second-order valence-electron chi connectivity index (χ2n) is 2.81. The van der Waals surface area contributed by atoms with E-state index in [4.69, 9.17) is 0 Å². The van der Waals surface area contributed by atoms with Crippen molar-refractivity contribution in [1.82, 2.24) is 5.43 Å². The number of hydrazone groups is 1. The van der Waals surface area contributed by atoms with Gasteiger partial charge in [0.05, 0.1) is 0 Å². The number of amides is 1. The summed E-state index contributed by atoms with van der Waals surface area (Å²) in [6.45, 7) is 3.71. The summed E-state index contributed by atoms with van der Waals surface area (Å²) < 4.78 is 0. The Morgan fingerprint density at radius 3 is 2.50 bits per heavy atom. The molecule has 56 valence electrons. The Balaban J connectivity index is 2.24. The molecule has 1 saturated carbocycles. The number of hydrogen-bond acceptors (Lipinski definition) is 2. The fourth-order valence-electron chi connectivity index (χ4n) is 0.604. The Hall–Kier alpha value is -0.860. The topological polar surface area (TPSA) is 41.5 Å². The largest absolute Gasteiger partial charge is 0.273 e. The van der Waals surface area contributed by atoms with Crippen LogP contribution in [0.1, 0.15) is 26.7 Å². The molecule has 3 heteroatoms. The molecule has 0 unspecified atom stereocenters. The van der Waals surface area contributed by atoms with Gasteiger partial charge < -0.3 is 0 Å². The first-order chi connectivity index (χ1) is 4.70. The predicted molar refractivity (Wildman–Crippen MR) is 39.6 cm³/mol. The smallest absolute Gasteiger partial charge is 0.243 e. The standard InChI is InChI=1S/C7H12N2O/c1-5(2)8-9-7(10)6-3-4-6/h6H,3-4H2,1-2H3,(H,9,10). The van der Waals surface area contributed by atoms with Crippen LogP contribution in [0.25, 0.3) is 0 Å². The minimum Gasteiger partial charge on any atom is -0.273 e. The van der Waals surface area contributed by atoms with Crippen LogP contribution < -0.4 is 5.43 Å². The van der Waals surface area contributed by atoms with E-state index in [2.05, 4.69) is 10.5 Å². The molecule has 1 rings (SSSR count). The Labute approximate surface area is 60.5 Å². The maximum atomic E-state index is 10.9. The molecule has 0 aromatic carbocycles. The van der Waals surface area contributed by atoms with Crippen LogP contribution in [0.5, 0.6) is 0 Å². The second kappa shape index (κ2) is 2.82. The second-order valence-corrected chi connectivity index (χ2v) is 2.81. The third-order valence-electron chi connectivity index (χ3n) is 1.34. The van der Waals surface area contributed by atoms with Crippen molar-refractivity contribution >= 4 is 11.6 Å². The van der Waals surface area contributed by atoms with Gasteiger partial charge in [-0.3, -0.25) is 4.79 Å². The van der Waals surface area contributed by atoms with Crippen molar-refractivity contribution in [2.24, 2.45) is 11.0 Å². The maximum Gasteiger partial charge on any atom is 0.243 e. The summed E-state index contributed by atoms with van der Waals surface area (Å²) in [7, 11) is 0. The summed E-state index contributed by atoms with van der Waals surface area (Å²) in [6, 6.07) is 0. The minimum atomic E-state index is 0.0706. The van der Waals surface area contributed by atoms with Gasteiger partial charge in [0.1, 0.15) is 0 Å². The first-order valence-corrected chi connectivity index (χ1v) is 3.51. The molecular formula is C7H12N2O. The molecule has 0 spiro atoms. The zero-order chi connectivity index (χ0) is 7.56. The van der Waals surface area contributed by atoms with E-state index in [-0.39, 0.29) is 11.8 Å². The van der Waals surface area contributed by atoms with Crippen molar-refractivity contribution in [2.45, 2.75) is 26.7 Å². The van der Waals surface area contributed by atoms with Crippen molar-refractivity contribution in [3.8, 4) is 0 Å². The van der Waals surface area contributed by atoms with Crippen LogP contribution in [-0.4, -0.2) is 11.6 Å². The lowest BCUT2D eigenvalue weighted by atomic mass is 10.4. The van der Waals surface area contributed by atoms with Crippen LogP contribution in [0.15, 0.2) is 5.10 Å². The first kappa shape index (κ1) is 7.25. The number of rotatable bonds is 2. The van der Waals surface area contributed by atoms with Crippen LogP contribution in [0.4, 0.5) is 0 Å². The number of carbonyl (C=O) groups is 1. The molecule has 0 heterocycles. The Morgan fingerprint density at radius 1 is 1.50 bits per heavy atom. The number of hydrogen-bond donors (Lipinski definition) is 1. The SMILES string of the molecule is CC(C)=NNC(=O)C1CC1. The number of carbonyl (C=O) groups excluding carboxylic acids is 1. The van der Waals surface area contributed by atoms with Crippen LogP contribution >= 0.6 is 0 Å². The molecular weight excluding hydrogens is 128 g/mol. The van der Waals surface area contributed by atoms with E-state index in [1.807, 2.05) is 13.8 Å². The molecule has 0 saturated heterocycles. The lowest BCUT2D eigenvalue weighted by molar-refractivity contribution is -0.122. The highest BCUT2D eigenvalue weighted by atomic mass is 16.2. The molecule has 1 amide bonds. The fourth-order valence-corrected chi connectivity index (χ4v) is 0.604. The van der Waals surface area contributed by atoms with Crippen molar-refractivity contribution in [1.29, 1.82) is 0 Å². The molecule has 3 nitrogen and oxygen atoms in total. The van der Waals surface area contributed by atoms with Crippen molar-refractivity contribution in [2.75, 3.05) is 0 Å². The van der Waals surface area contributed by atoms with E-state index >= 15 is 0 Å². The summed E-state index contributed by atoms with van der Waals surface area (Å²) in [4.78, 5) is 10.9. The average Bonchev–Trinajstić information content (AvgIpc) is 2.63. The molecule has 1 aliphatic rings. The van der Waals surface area contributed by atoms with Crippen LogP contribution in [-0.2, 0) is 4.79 Å². The van der Waals surface area contributed by atoms with E-state index in [1.54, 1.807) is 0 Å². The molecule has 0 aromatic heterocycles. The lowest BCUT2D eigenvalue weighted by Gasteiger charge is -1.95. The number of nitrogens with one attached hydrogen (secondary N) is 1. The van der Waals surface area contributed by atoms with Gasteiger partial charge in [-0.25, -0.2) is 5.43 Å². The van der Waals surface area contributed by atoms with Gasteiger partial charge in [0.2, 0.25) is 5.91 Å². The molecule has 1 fully saturated rings. The van der Waals surface area contributed by atoms with Gasteiger partial charge in [0.15, 0.2) is 0 Å². The van der Waals surface area contributed by atoms with Gasteiger partial charge >= 0.3 is 0 Å². The van der Waals surface area contributed by atoms with Gasteiger partial charge in [0.25, 0.3) is 0 Å². The van der Waals surface area contributed by atoms with Gasteiger partial charge in [-0.1, -0.05) is 0 Å². The highest BCUT2D eigenvalue weighted by Gasteiger charge is 2.29. The molecule has 10 heavy (non-hydrogen) atoms. The summed E-state index contributed by atoms with van der Waals surface area (Å²) in [5, 5.41) is 3.80. The lowest BCUT2D eigenvalue weighted by Crippen LogP contribution is -2.19. The molecule has 0 radical (unpaired) electrons. The monoisotopic (exact) mass is 140 g/mol. The third-order valence-corrected chi connectivity index (χ3v) is 1.34. The molecule has 0 atom stereocenters. The van der Waals surface area contributed by atoms with Gasteiger partial charge in [-0.2, -0.15) is 5.10 Å².